The minimum atomic E-state index is 0.201. The first-order valence-electron chi connectivity index (χ1n) is 9.31. The van der Waals surface area contributed by atoms with E-state index >= 15 is 0 Å². The van der Waals surface area contributed by atoms with Gasteiger partial charge >= 0.3 is 0 Å². The van der Waals surface area contributed by atoms with Crippen molar-refractivity contribution in [1.29, 1.82) is 0 Å². The Kier molecular flexibility index (Phi) is 4.35. The number of likely N-dealkylation sites (tertiary alicyclic amines) is 2. The molecule has 4 rings (SSSR count). The van der Waals surface area contributed by atoms with E-state index < -0.39 is 0 Å². The second-order valence-corrected chi connectivity index (χ2v) is 7.87. The Labute approximate surface area is 144 Å². The fourth-order valence-corrected chi connectivity index (χ4v) is 4.81. The van der Waals surface area contributed by atoms with Crippen LogP contribution in [0.1, 0.15) is 36.9 Å². The first-order valence-corrected chi connectivity index (χ1v) is 9.31. The lowest BCUT2D eigenvalue weighted by atomic mass is 9.91. The van der Waals surface area contributed by atoms with E-state index in [0.29, 0.717) is 5.92 Å². The number of carbonyl (C=O) groups excluding carboxylic acids is 1. The summed E-state index contributed by atoms with van der Waals surface area (Å²) in [6, 6.07) is 0. The van der Waals surface area contributed by atoms with Crippen molar-refractivity contribution in [3.05, 3.63) is 17.5 Å². The average Bonchev–Trinajstić information content (AvgIpc) is 3.22. The van der Waals surface area contributed by atoms with E-state index in [0.717, 1.165) is 44.3 Å². The zero-order chi connectivity index (χ0) is 16.7. The number of hydrogen-bond donors (Lipinski definition) is 1. The molecule has 4 heterocycles. The molecule has 132 valence electrons. The molecule has 3 saturated heterocycles. The highest BCUT2D eigenvalue weighted by atomic mass is 16.2. The maximum atomic E-state index is 11.5. The molecule has 6 nitrogen and oxygen atoms in total. The Bertz CT molecular complexity index is 593. The summed E-state index contributed by atoms with van der Waals surface area (Å²) in [5.41, 5.74) is 2.67. The van der Waals surface area contributed by atoms with E-state index in [4.69, 9.17) is 5.10 Å². The van der Waals surface area contributed by atoms with Gasteiger partial charge in [-0.25, -0.2) is 0 Å². The van der Waals surface area contributed by atoms with E-state index in [-0.39, 0.29) is 5.91 Å². The van der Waals surface area contributed by atoms with Gasteiger partial charge in [0.1, 0.15) is 0 Å². The number of amides is 1. The lowest BCUT2D eigenvalue weighted by Gasteiger charge is -2.31. The zero-order valence-electron chi connectivity index (χ0n) is 14.9. The lowest BCUT2D eigenvalue weighted by molar-refractivity contribution is -0.129. The summed E-state index contributed by atoms with van der Waals surface area (Å²) in [6.45, 7) is 9.25. The van der Waals surface area contributed by atoms with Crippen LogP contribution in [0.15, 0.2) is 6.20 Å². The predicted octanol–water partition coefficient (Wildman–Crippen LogP) is 0.797. The minimum absolute atomic E-state index is 0.201. The van der Waals surface area contributed by atoms with Crippen molar-refractivity contribution in [3.63, 3.8) is 0 Å². The number of fused-ring (bicyclic) bond motifs is 1. The third-order valence-corrected chi connectivity index (χ3v) is 6.12. The van der Waals surface area contributed by atoms with E-state index in [1.165, 1.54) is 37.4 Å². The van der Waals surface area contributed by atoms with Gasteiger partial charge in [-0.1, -0.05) is 0 Å². The molecule has 2 atom stereocenters. The number of rotatable bonds is 3. The normalized spacial score (nSPS) is 28.5. The molecule has 0 aromatic carbocycles. The molecular weight excluding hydrogens is 302 g/mol. The van der Waals surface area contributed by atoms with E-state index in [1.807, 2.05) is 16.6 Å². The molecule has 24 heavy (non-hydrogen) atoms. The molecule has 6 heteroatoms. The van der Waals surface area contributed by atoms with Gasteiger partial charge in [0.2, 0.25) is 5.91 Å². The summed E-state index contributed by atoms with van der Waals surface area (Å²) in [5, 5.41) is 8.31. The van der Waals surface area contributed by atoms with Crippen LogP contribution in [0.5, 0.6) is 0 Å². The fourth-order valence-electron chi connectivity index (χ4n) is 4.81. The topological polar surface area (TPSA) is 53.4 Å². The van der Waals surface area contributed by atoms with Gasteiger partial charge in [-0.15, -0.1) is 0 Å². The van der Waals surface area contributed by atoms with Crippen LogP contribution in [0.3, 0.4) is 0 Å². The molecule has 1 amide bonds. The van der Waals surface area contributed by atoms with Crippen LogP contribution in [0, 0.1) is 11.8 Å². The zero-order valence-corrected chi connectivity index (χ0v) is 14.9. The Balaban J connectivity index is 1.42. The van der Waals surface area contributed by atoms with Crippen molar-refractivity contribution < 1.29 is 4.79 Å². The van der Waals surface area contributed by atoms with Crippen molar-refractivity contribution in [2.75, 3.05) is 39.3 Å². The first-order chi connectivity index (χ1) is 11.6. The number of nitrogens with zero attached hydrogens (tertiary/aromatic N) is 4. The Morgan fingerprint density at radius 1 is 1.25 bits per heavy atom. The smallest absolute Gasteiger partial charge is 0.219 e. The third kappa shape index (κ3) is 3.09. The van der Waals surface area contributed by atoms with Crippen molar-refractivity contribution in [2.45, 2.75) is 32.2 Å². The van der Waals surface area contributed by atoms with Crippen LogP contribution in [0.25, 0.3) is 0 Å². The molecule has 0 radical (unpaired) electrons. The Morgan fingerprint density at radius 2 is 1.92 bits per heavy atom. The molecule has 0 bridgehead atoms. The number of aromatic nitrogens is 2. The van der Waals surface area contributed by atoms with Gasteiger partial charge in [0.05, 0.1) is 5.69 Å². The van der Waals surface area contributed by atoms with Gasteiger partial charge in [0.15, 0.2) is 0 Å². The van der Waals surface area contributed by atoms with Crippen LogP contribution < -0.4 is 5.32 Å². The average molecular weight is 331 g/mol. The molecule has 2 unspecified atom stereocenters. The van der Waals surface area contributed by atoms with Crippen molar-refractivity contribution in [3.8, 4) is 0 Å². The number of nitrogens with one attached hydrogen (secondary N) is 1. The highest BCUT2D eigenvalue weighted by Crippen LogP contribution is 2.32. The van der Waals surface area contributed by atoms with E-state index in [9.17, 15) is 4.79 Å². The number of piperidine rings is 1. The van der Waals surface area contributed by atoms with Crippen LogP contribution in [-0.2, 0) is 18.4 Å². The van der Waals surface area contributed by atoms with Gasteiger partial charge in [-0.2, -0.15) is 5.10 Å². The summed E-state index contributed by atoms with van der Waals surface area (Å²) in [6.07, 6.45) is 4.29. The predicted molar refractivity (Wildman–Crippen MR) is 92.6 cm³/mol. The van der Waals surface area contributed by atoms with E-state index in [1.54, 1.807) is 6.92 Å². The van der Waals surface area contributed by atoms with Crippen LogP contribution in [0.4, 0.5) is 0 Å². The molecule has 0 spiro atoms. The van der Waals surface area contributed by atoms with Crippen molar-refractivity contribution in [1.82, 2.24) is 24.9 Å². The van der Waals surface area contributed by atoms with Gasteiger partial charge in [0.25, 0.3) is 0 Å². The first kappa shape index (κ1) is 16.1. The van der Waals surface area contributed by atoms with Gasteiger partial charge in [0, 0.05) is 64.4 Å². The second kappa shape index (κ2) is 6.48. The third-order valence-electron chi connectivity index (χ3n) is 6.12. The second-order valence-electron chi connectivity index (χ2n) is 7.87. The summed E-state index contributed by atoms with van der Waals surface area (Å²) in [4.78, 5) is 16.1. The van der Waals surface area contributed by atoms with Crippen molar-refractivity contribution >= 4 is 5.91 Å². The van der Waals surface area contributed by atoms with Gasteiger partial charge in [-0.3, -0.25) is 14.4 Å². The van der Waals surface area contributed by atoms with Crippen LogP contribution in [0.2, 0.25) is 0 Å². The number of hydrogen-bond acceptors (Lipinski definition) is 4. The van der Waals surface area contributed by atoms with Gasteiger partial charge in [-0.05, 0) is 37.8 Å². The molecule has 3 fully saturated rings. The summed E-state index contributed by atoms with van der Waals surface area (Å²) >= 11 is 0. The number of aryl methyl sites for hydroxylation is 1. The van der Waals surface area contributed by atoms with Gasteiger partial charge < -0.3 is 10.2 Å². The summed E-state index contributed by atoms with van der Waals surface area (Å²) in [5.74, 6) is 2.38. The number of carbonyl (C=O) groups is 1. The molecule has 1 N–H and O–H groups in total. The molecule has 3 aliphatic rings. The molecule has 1 aromatic heterocycles. The molecule has 0 saturated carbocycles. The molecular formula is C18H29N5O. The summed E-state index contributed by atoms with van der Waals surface area (Å²) in [7, 11) is 2.03. The van der Waals surface area contributed by atoms with Crippen LogP contribution in [-0.4, -0.2) is 64.8 Å². The summed E-state index contributed by atoms with van der Waals surface area (Å²) < 4.78 is 1.97. The molecule has 3 aliphatic heterocycles. The SMILES string of the molecule is CC(=O)N1CCC(c2nn(C)cc2CN2CC3CNCC3C2)CC1. The maximum absolute atomic E-state index is 11.5. The highest BCUT2D eigenvalue weighted by molar-refractivity contribution is 5.73. The Hall–Kier alpha value is -1.40. The minimum Gasteiger partial charge on any atom is -0.343 e. The van der Waals surface area contributed by atoms with E-state index in [2.05, 4.69) is 16.4 Å². The van der Waals surface area contributed by atoms with Crippen molar-refractivity contribution in [2.24, 2.45) is 18.9 Å². The quantitative estimate of drug-likeness (QED) is 0.890. The maximum Gasteiger partial charge on any atom is 0.219 e. The van der Waals surface area contributed by atoms with Crippen LogP contribution >= 0.6 is 0 Å². The largest absolute Gasteiger partial charge is 0.343 e. The Morgan fingerprint density at radius 3 is 2.54 bits per heavy atom. The molecule has 0 aliphatic carbocycles. The monoisotopic (exact) mass is 331 g/mol. The lowest BCUT2D eigenvalue weighted by Crippen LogP contribution is -2.36. The molecule has 1 aromatic rings. The fraction of sp³-hybridized carbons (Fsp3) is 0.778. The highest BCUT2D eigenvalue weighted by Gasteiger charge is 2.36. The standard InChI is InChI=1S/C18H29N5O/c1-13(24)23-5-3-14(4-6-23)18-17(9-21(2)20-18)12-22-10-15-7-19-8-16(15)11-22/h9,14-16,19H,3-8,10-12H2,1-2H3.